The van der Waals surface area contributed by atoms with E-state index in [1.54, 1.807) is 7.11 Å². The largest absolute Gasteiger partial charge is 0.495 e. The highest BCUT2D eigenvalue weighted by molar-refractivity contribution is 6.32. The average molecular weight is 275 g/mol. The van der Waals surface area contributed by atoms with E-state index >= 15 is 0 Å². The minimum atomic E-state index is 0.629. The number of rotatable bonds is 2. The minimum Gasteiger partial charge on any atom is -0.495 e. The van der Waals surface area contributed by atoms with Crippen molar-refractivity contribution in [1.29, 1.82) is 0 Å². The second-order valence-electron chi connectivity index (χ2n) is 4.66. The maximum atomic E-state index is 6.17. The van der Waals surface area contributed by atoms with Gasteiger partial charge >= 0.3 is 0 Å². The molecular formula is C15H15ClN2O. The van der Waals surface area contributed by atoms with Crippen molar-refractivity contribution in [3.63, 3.8) is 0 Å². The fourth-order valence-corrected chi connectivity index (χ4v) is 2.73. The molecule has 1 aliphatic heterocycles. The standard InChI is InChI=1S/C15H15ClN2O/c1-19-15-6-5-11(7-13(15)16)18-8-10-3-2-4-14(17)12(10)9-18/h2-7H,8-9,17H2,1H3. The van der Waals surface area contributed by atoms with E-state index < -0.39 is 0 Å². The molecule has 1 aliphatic rings. The minimum absolute atomic E-state index is 0.629. The van der Waals surface area contributed by atoms with Crippen LogP contribution in [0.5, 0.6) is 5.75 Å². The third-order valence-electron chi connectivity index (χ3n) is 3.52. The van der Waals surface area contributed by atoms with Crippen LogP contribution in [0.4, 0.5) is 11.4 Å². The van der Waals surface area contributed by atoms with Crippen molar-refractivity contribution in [2.45, 2.75) is 13.1 Å². The molecule has 0 atom stereocenters. The zero-order chi connectivity index (χ0) is 13.4. The second kappa shape index (κ2) is 4.67. The zero-order valence-electron chi connectivity index (χ0n) is 10.7. The van der Waals surface area contributed by atoms with Crippen LogP contribution in [0.2, 0.25) is 5.02 Å². The molecule has 3 nitrogen and oxygen atoms in total. The summed E-state index contributed by atoms with van der Waals surface area (Å²) in [5, 5.41) is 0.629. The molecule has 0 fully saturated rings. The van der Waals surface area contributed by atoms with Gasteiger partial charge in [0, 0.05) is 24.5 Å². The highest BCUT2D eigenvalue weighted by Gasteiger charge is 2.21. The SMILES string of the molecule is COc1ccc(N2Cc3cccc(N)c3C2)cc1Cl. The number of nitrogens with two attached hydrogens (primary N) is 1. The highest BCUT2D eigenvalue weighted by atomic mass is 35.5. The lowest BCUT2D eigenvalue weighted by atomic mass is 10.1. The Morgan fingerprint density at radius 1 is 1.21 bits per heavy atom. The van der Waals surface area contributed by atoms with E-state index in [2.05, 4.69) is 11.0 Å². The van der Waals surface area contributed by atoms with E-state index in [4.69, 9.17) is 22.1 Å². The first-order valence-electron chi connectivity index (χ1n) is 6.14. The van der Waals surface area contributed by atoms with Gasteiger partial charge in [0.05, 0.1) is 12.1 Å². The third kappa shape index (κ3) is 2.10. The van der Waals surface area contributed by atoms with Gasteiger partial charge in [0.15, 0.2) is 0 Å². The van der Waals surface area contributed by atoms with Crippen LogP contribution in [0.25, 0.3) is 0 Å². The quantitative estimate of drug-likeness (QED) is 0.853. The molecule has 0 unspecified atom stereocenters. The Kier molecular flexibility index (Phi) is 2.99. The van der Waals surface area contributed by atoms with Crippen molar-refractivity contribution in [3.05, 3.63) is 52.5 Å². The monoisotopic (exact) mass is 274 g/mol. The van der Waals surface area contributed by atoms with E-state index in [0.717, 1.165) is 24.5 Å². The number of nitrogen functional groups attached to an aromatic ring is 1. The molecule has 98 valence electrons. The Hall–Kier alpha value is -1.87. The highest BCUT2D eigenvalue weighted by Crippen LogP contribution is 2.35. The number of hydrogen-bond donors (Lipinski definition) is 1. The van der Waals surface area contributed by atoms with Gasteiger partial charge in [-0.2, -0.15) is 0 Å². The summed E-state index contributed by atoms with van der Waals surface area (Å²) in [5.74, 6) is 0.696. The smallest absolute Gasteiger partial charge is 0.137 e. The number of nitrogens with zero attached hydrogens (tertiary/aromatic N) is 1. The van der Waals surface area contributed by atoms with Gasteiger partial charge in [0.2, 0.25) is 0 Å². The predicted molar refractivity (Wildman–Crippen MR) is 78.7 cm³/mol. The van der Waals surface area contributed by atoms with Gasteiger partial charge in [-0.25, -0.2) is 0 Å². The molecule has 0 aliphatic carbocycles. The molecular weight excluding hydrogens is 260 g/mol. The zero-order valence-corrected chi connectivity index (χ0v) is 11.4. The van der Waals surface area contributed by atoms with Gasteiger partial charge in [0.1, 0.15) is 5.75 Å². The van der Waals surface area contributed by atoms with E-state index in [1.807, 2.05) is 30.3 Å². The van der Waals surface area contributed by atoms with Crippen molar-refractivity contribution in [1.82, 2.24) is 0 Å². The Morgan fingerprint density at radius 3 is 2.74 bits per heavy atom. The molecule has 0 saturated carbocycles. The van der Waals surface area contributed by atoms with Crippen molar-refractivity contribution in [2.75, 3.05) is 17.7 Å². The van der Waals surface area contributed by atoms with Crippen LogP contribution in [-0.2, 0) is 13.1 Å². The van der Waals surface area contributed by atoms with Crippen LogP contribution < -0.4 is 15.4 Å². The normalized spacial score (nSPS) is 13.5. The lowest BCUT2D eigenvalue weighted by Crippen LogP contribution is -2.14. The van der Waals surface area contributed by atoms with Crippen LogP contribution >= 0.6 is 11.6 Å². The van der Waals surface area contributed by atoms with Crippen LogP contribution in [0, 0.1) is 0 Å². The molecule has 0 saturated heterocycles. The molecule has 0 radical (unpaired) electrons. The van der Waals surface area contributed by atoms with Gasteiger partial charge in [-0.15, -0.1) is 0 Å². The van der Waals surface area contributed by atoms with Gasteiger partial charge < -0.3 is 15.4 Å². The van der Waals surface area contributed by atoms with Crippen LogP contribution in [0.1, 0.15) is 11.1 Å². The number of anilines is 2. The Morgan fingerprint density at radius 2 is 2.05 bits per heavy atom. The molecule has 19 heavy (non-hydrogen) atoms. The Bertz CT molecular complexity index is 628. The first-order chi connectivity index (χ1) is 9.19. The number of halogens is 1. The first kappa shape index (κ1) is 12.2. The molecule has 2 aromatic carbocycles. The van der Waals surface area contributed by atoms with E-state index in [-0.39, 0.29) is 0 Å². The summed E-state index contributed by atoms with van der Waals surface area (Å²) in [6.07, 6.45) is 0. The van der Waals surface area contributed by atoms with Crippen molar-refractivity contribution in [2.24, 2.45) is 0 Å². The number of methoxy groups -OCH3 is 1. The van der Waals surface area contributed by atoms with Crippen molar-refractivity contribution >= 4 is 23.0 Å². The Balaban J connectivity index is 1.91. The predicted octanol–water partition coefficient (Wildman–Crippen LogP) is 3.45. The fourth-order valence-electron chi connectivity index (χ4n) is 2.48. The molecule has 0 spiro atoms. The Labute approximate surface area is 117 Å². The molecule has 4 heteroatoms. The second-order valence-corrected chi connectivity index (χ2v) is 5.07. The van der Waals surface area contributed by atoms with Crippen LogP contribution in [0.3, 0.4) is 0 Å². The average Bonchev–Trinajstić information content (AvgIpc) is 2.84. The maximum absolute atomic E-state index is 6.17. The molecule has 2 N–H and O–H groups in total. The molecule has 0 aromatic heterocycles. The van der Waals surface area contributed by atoms with Gasteiger partial charge in [-0.1, -0.05) is 23.7 Å². The lowest BCUT2D eigenvalue weighted by molar-refractivity contribution is 0.415. The molecule has 0 amide bonds. The van der Waals surface area contributed by atoms with E-state index in [9.17, 15) is 0 Å². The number of benzene rings is 2. The topological polar surface area (TPSA) is 38.5 Å². The molecule has 3 rings (SSSR count). The van der Waals surface area contributed by atoms with Crippen LogP contribution in [0.15, 0.2) is 36.4 Å². The van der Waals surface area contributed by atoms with Gasteiger partial charge in [-0.3, -0.25) is 0 Å². The lowest BCUT2D eigenvalue weighted by Gasteiger charge is -2.18. The third-order valence-corrected chi connectivity index (χ3v) is 3.82. The summed E-state index contributed by atoms with van der Waals surface area (Å²) in [4.78, 5) is 2.26. The summed E-state index contributed by atoms with van der Waals surface area (Å²) in [5.41, 5.74) is 10.5. The number of fused-ring (bicyclic) bond motifs is 1. The molecule has 0 bridgehead atoms. The number of ether oxygens (including phenoxy) is 1. The summed E-state index contributed by atoms with van der Waals surface area (Å²) < 4.78 is 5.17. The molecule has 1 heterocycles. The maximum Gasteiger partial charge on any atom is 0.137 e. The van der Waals surface area contributed by atoms with E-state index in [1.165, 1.54) is 11.1 Å². The van der Waals surface area contributed by atoms with Crippen molar-refractivity contribution < 1.29 is 4.74 Å². The number of hydrogen-bond acceptors (Lipinski definition) is 3. The summed E-state index contributed by atoms with van der Waals surface area (Å²) in [7, 11) is 1.62. The fraction of sp³-hybridized carbons (Fsp3) is 0.200. The summed E-state index contributed by atoms with van der Waals surface area (Å²) in [6, 6.07) is 11.9. The summed E-state index contributed by atoms with van der Waals surface area (Å²) >= 11 is 6.17. The first-order valence-corrected chi connectivity index (χ1v) is 6.51. The van der Waals surface area contributed by atoms with Gasteiger partial charge in [-0.05, 0) is 35.4 Å². The molecule has 2 aromatic rings. The van der Waals surface area contributed by atoms with Gasteiger partial charge in [0.25, 0.3) is 0 Å². The van der Waals surface area contributed by atoms with E-state index in [0.29, 0.717) is 10.8 Å². The summed E-state index contributed by atoms with van der Waals surface area (Å²) in [6.45, 7) is 1.69. The van der Waals surface area contributed by atoms with Crippen molar-refractivity contribution in [3.8, 4) is 5.75 Å². The van der Waals surface area contributed by atoms with Crippen LogP contribution in [-0.4, -0.2) is 7.11 Å².